The lowest BCUT2D eigenvalue weighted by Crippen LogP contribution is -2.43. The third kappa shape index (κ3) is 3.31. The topological polar surface area (TPSA) is 135 Å². The van der Waals surface area contributed by atoms with E-state index in [0.29, 0.717) is 12.8 Å². The molecule has 11 heteroatoms. The van der Waals surface area contributed by atoms with Crippen molar-refractivity contribution >= 4 is 31.9 Å². The van der Waals surface area contributed by atoms with Gasteiger partial charge in [0, 0.05) is 12.1 Å². The summed E-state index contributed by atoms with van der Waals surface area (Å²) >= 11 is 0. The molecule has 0 unspecified atom stereocenters. The van der Waals surface area contributed by atoms with E-state index in [0.717, 1.165) is 10.6 Å². The number of sulfonamides is 2. The van der Waals surface area contributed by atoms with Crippen LogP contribution < -0.4 is 5.73 Å². The van der Waals surface area contributed by atoms with E-state index in [9.17, 15) is 26.4 Å². The number of benzene rings is 1. The van der Waals surface area contributed by atoms with Crippen LogP contribution in [0.2, 0.25) is 0 Å². The van der Waals surface area contributed by atoms with Gasteiger partial charge in [-0.2, -0.15) is 4.31 Å². The van der Waals surface area contributed by atoms with Crippen LogP contribution in [0.15, 0.2) is 29.2 Å². The van der Waals surface area contributed by atoms with Gasteiger partial charge in [-0.3, -0.25) is 9.59 Å². The van der Waals surface area contributed by atoms with Gasteiger partial charge in [0.15, 0.2) is 0 Å². The Bertz CT molecular complexity index is 1000. The Hall–Kier alpha value is -1.98. The summed E-state index contributed by atoms with van der Waals surface area (Å²) in [6.45, 7) is 1.98. The smallest absolute Gasteiger partial charge is 0.248 e. The number of hydrogen-bond donors (Lipinski definition) is 1. The molecule has 0 saturated carbocycles. The Labute approximate surface area is 164 Å². The van der Waals surface area contributed by atoms with Gasteiger partial charge < -0.3 is 5.73 Å². The fraction of sp³-hybridized carbons (Fsp3) is 0.529. The second-order valence-corrected chi connectivity index (χ2v) is 10.9. The number of fused-ring (bicyclic) bond motifs is 1. The van der Waals surface area contributed by atoms with Crippen molar-refractivity contribution in [2.75, 3.05) is 12.8 Å². The predicted molar refractivity (Wildman–Crippen MR) is 101 cm³/mol. The third-order valence-electron chi connectivity index (χ3n) is 5.32. The molecule has 2 N–H and O–H groups in total. The lowest BCUT2D eigenvalue weighted by Gasteiger charge is -2.26. The normalized spacial score (nSPS) is 25.9. The van der Waals surface area contributed by atoms with E-state index in [-0.39, 0.29) is 23.4 Å². The molecule has 1 aromatic carbocycles. The van der Waals surface area contributed by atoms with Gasteiger partial charge in [-0.1, -0.05) is 13.3 Å². The second kappa shape index (κ2) is 7.12. The van der Waals surface area contributed by atoms with Crippen LogP contribution in [-0.4, -0.2) is 62.1 Å². The molecular weight excluding hydrogens is 406 g/mol. The van der Waals surface area contributed by atoms with E-state index in [1.807, 2.05) is 6.92 Å². The summed E-state index contributed by atoms with van der Waals surface area (Å²) in [7, 11) is -7.77. The van der Waals surface area contributed by atoms with Crippen molar-refractivity contribution in [1.82, 2.24) is 8.61 Å². The highest BCUT2D eigenvalue weighted by atomic mass is 32.2. The third-order valence-corrected chi connectivity index (χ3v) is 8.40. The second-order valence-electron chi connectivity index (χ2n) is 7.14. The highest BCUT2D eigenvalue weighted by molar-refractivity contribution is 7.89. The van der Waals surface area contributed by atoms with Gasteiger partial charge in [0.05, 0.1) is 29.2 Å². The lowest BCUT2D eigenvalue weighted by atomic mass is 9.95. The molecule has 0 aromatic heterocycles. The molecule has 154 valence electrons. The van der Waals surface area contributed by atoms with Crippen molar-refractivity contribution in [3.63, 3.8) is 0 Å². The summed E-state index contributed by atoms with van der Waals surface area (Å²) in [6, 6.07) is 3.82. The zero-order valence-corrected chi connectivity index (χ0v) is 17.2. The Morgan fingerprint density at radius 2 is 1.79 bits per heavy atom. The Balaban J connectivity index is 2.01. The average Bonchev–Trinajstić information content (AvgIpc) is 3.13. The molecule has 2 heterocycles. The molecule has 2 saturated heterocycles. The highest BCUT2D eigenvalue weighted by Gasteiger charge is 2.58. The number of rotatable bonds is 6. The van der Waals surface area contributed by atoms with Crippen molar-refractivity contribution in [3.05, 3.63) is 29.8 Å². The predicted octanol–water partition coefficient (Wildman–Crippen LogP) is 0.135. The Morgan fingerprint density at radius 3 is 2.29 bits per heavy atom. The monoisotopic (exact) mass is 429 g/mol. The average molecular weight is 430 g/mol. The summed E-state index contributed by atoms with van der Waals surface area (Å²) in [5.41, 5.74) is 5.37. The Morgan fingerprint density at radius 1 is 1.18 bits per heavy atom. The van der Waals surface area contributed by atoms with Crippen LogP contribution in [0.4, 0.5) is 0 Å². The number of carbonyl (C=O) groups is 2. The summed E-state index contributed by atoms with van der Waals surface area (Å²) < 4.78 is 52.8. The molecule has 3 rings (SSSR count). The zero-order valence-electron chi connectivity index (χ0n) is 15.6. The highest BCUT2D eigenvalue weighted by Crippen LogP contribution is 2.42. The van der Waals surface area contributed by atoms with E-state index < -0.39 is 49.9 Å². The van der Waals surface area contributed by atoms with Gasteiger partial charge in [-0.25, -0.2) is 21.1 Å². The van der Waals surface area contributed by atoms with Gasteiger partial charge in [-0.15, -0.1) is 0 Å². The number of primary amides is 1. The zero-order chi connectivity index (χ0) is 20.9. The van der Waals surface area contributed by atoms with Crippen LogP contribution >= 0.6 is 0 Å². The van der Waals surface area contributed by atoms with Crippen molar-refractivity contribution < 1.29 is 26.4 Å². The van der Waals surface area contributed by atoms with E-state index in [1.54, 1.807) is 0 Å². The molecule has 28 heavy (non-hydrogen) atoms. The summed E-state index contributed by atoms with van der Waals surface area (Å²) in [6.07, 6.45) is 2.25. The van der Waals surface area contributed by atoms with Gasteiger partial charge in [0.2, 0.25) is 31.9 Å². The minimum atomic E-state index is -3.97. The standard InChI is InChI=1S/C17H23N3O6S2/c1-3-4-13-15-14(20(17(13)22)27(2,23)24)9-10-19(15)28(25,26)12-7-5-11(6-8-12)16(18)21/h5-8,13-15H,3-4,9-10H2,1-2H3,(H2,18,21)/t13-,14+,15-/m1/s1. The van der Waals surface area contributed by atoms with Gasteiger partial charge in [0.1, 0.15) is 0 Å². The number of nitrogens with two attached hydrogens (primary N) is 1. The van der Waals surface area contributed by atoms with E-state index in [1.165, 1.54) is 28.6 Å². The van der Waals surface area contributed by atoms with Crippen LogP contribution in [-0.2, 0) is 24.8 Å². The molecule has 3 atom stereocenters. The largest absolute Gasteiger partial charge is 0.366 e. The quantitative estimate of drug-likeness (QED) is 0.683. The van der Waals surface area contributed by atoms with Crippen molar-refractivity contribution in [2.24, 2.45) is 11.7 Å². The lowest BCUT2D eigenvalue weighted by molar-refractivity contribution is -0.128. The summed E-state index contributed by atoms with van der Waals surface area (Å²) in [5, 5.41) is 0. The first-order chi connectivity index (χ1) is 13.0. The molecule has 0 radical (unpaired) electrons. The maximum absolute atomic E-state index is 13.2. The molecule has 2 aliphatic heterocycles. The van der Waals surface area contributed by atoms with Gasteiger partial charge >= 0.3 is 0 Å². The maximum Gasteiger partial charge on any atom is 0.248 e. The van der Waals surface area contributed by atoms with Crippen molar-refractivity contribution in [2.45, 2.75) is 43.2 Å². The number of nitrogens with zero attached hydrogens (tertiary/aromatic N) is 2. The molecule has 1 aromatic rings. The fourth-order valence-electron chi connectivity index (χ4n) is 4.19. The summed E-state index contributed by atoms with van der Waals surface area (Å²) in [5.74, 6) is -1.91. The van der Waals surface area contributed by atoms with E-state index in [4.69, 9.17) is 5.73 Å². The molecule has 0 aliphatic carbocycles. The van der Waals surface area contributed by atoms with E-state index in [2.05, 4.69) is 0 Å². The van der Waals surface area contributed by atoms with Crippen LogP contribution in [0.25, 0.3) is 0 Å². The number of amides is 2. The minimum absolute atomic E-state index is 0.0290. The molecule has 0 bridgehead atoms. The Kier molecular flexibility index (Phi) is 5.28. The molecule has 0 spiro atoms. The number of hydrogen-bond acceptors (Lipinski definition) is 6. The van der Waals surface area contributed by atoms with Gasteiger partial charge in [0.25, 0.3) is 0 Å². The van der Waals surface area contributed by atoms with Crippen LogP contribution in [0.3, 0.4) is 0 Å². The fourth-order valence-corrected chi connectivity index (χ4v) is 7.08. The molecule has 9 nitrogen and oxygen atoms in total. The van der Waals surface area contributed by atoms with Crippen LogP contribution in [0.1, 0.15) is 36.5 Å². The first-order valence-corrected chi connectivity index (χ1v) is 12.2. The maximum atomic E-state index is 13.2. The molecule has 2 amide bonds. The van der Waals surface area contributed by atoms with Crippen LogP contribution in [0.5, 0.6) is 0 Å². The van der Waals surface area contributed by atoms with E-state index >= 15 is 0 Å². The SMILES string of the molecule is CCC[C@H]1C(=O)N(S(C)(=O)=O)[C@H]2CCN(S(=O)(=O)c3ccc(C(N)=O)cc3)[C@H]12. The van der Waals surface area contributed by atoms with Gasteiger partial charge in [-0.05, 0) is 37.1 Å². The number of carbonyl (C=O) groups excluding carboxylic acids is 2. The molecule has 2 fully saturated rings. The first kappa shape index (κ1) is 20.7. The minimum Gasteiger partial charge on any atom is -0.366 e. The van der Waals surface area contributed by atoms with Crippen molar-refractivity contribution in [1.29, 1.82) is 0 Å². The van der Waals surface area contributed by atoms with Crippen molar-refractivity contribution in [3.8, 4) is 0 Å². The molecular formula is C17H23N3O6S2. The van der Waals surface area contributed by atoms with Crippen LogP contribution in [0, 0.1) is 5.92 Å². The molecule has 2 aliphatic rings. The first-order valence-electron chi connectivity index (χ1n) is 8.95. The summed E-state index contributed by atoms with van der Waals surface area (Å²) in [4.78, 5) is 23.9.